The zero-order valence-corrected chi connectivity index (χ0v) is 32.8. The Morgan fingerprint density at radius 3 is 1.27 bits per heavy atom. The minimum absolute atomic E-state index is 1.14. The summed E-state index contributed by atoms with van der Waals surface area (Å²) in [4.78, 5) is 0. The van der Waals surface area contributed by atoms with E-state index in [1.165, 1.54) is 98.9 Å². The molecule has 2 heterocycles. The summed E-state index contributed by atoms with van der Waals surface area (Å²) in [6.45, 7) is 0. The molecule has 0 saturated heterocycles. The summed E-state index contributed by atoms with van der Waals surface area (Å²) in [5.41, 5.74) is 16.8. The zero-order chi connectivity index (χ0) is 39.6. The molecule has 0 atom stereocenters. The van der Waals surface area contributed by atoms with Gasteiger partial charge < -0.3 is 9.13 Å². The lowest BCUT2D eigenvalue weighted by Crippen LogP contribution is -1.94. The first-order valence-electron chi connectivity index (χ1n) is 20.7. The third-order valence-electron chi connectivity index (χ3n) is 12.3. The quantitative estimate of drug-likeness (QED) is 0.160. The van der Waals surface area contributed by atoms with E-state index in [-0.39, 0.29) is 0 Å². The first kappa shape index (κ1) is 34.1. The standard InChI is InChI=1S/C58H38N2/c1-3-12-39(13-4-1)42-24-29-49(30-25-42)59-57-32-26-46(45-23-22-41-16-7-8-17-43(41)34-45)37-53(57)54-38-48(28-33-58(54)59)47-27-31-56-52(36-47)51-20-9-10-21-55(51)60(56)50-19-11-18-44(35-50)40-14-5-2-6-15-40/h1-38H. The van der Waals surface area contributed by atoms with Crippen LogP contribution in [0.15, 0.2) is 231 Å². The number of fused-ring (bicyclic) bond motifs is 7. The molecular weight excluding hydrogens is 725 g/mol. The van der Waals surface area contributed by atoms with Crippen LogP contribution in [0.4, 0.5) is 0 Å². The van der Waals surface area contributed by atoms with Gasteiger partial charge in [-0.3, -0.25) is 0 Å². The highest BCUT2D eigenvalue weighted by atomic mass is 15.0. The largest absolute Gasteiger partial charge is 0.309 e. The molecule has 0 amide bonds. The SMILES string of the molecule is c1ccc(-c2ccc(-n3c4ccc(-c5ccc6ccccc6c5)cc4c4cc(-c5ccc6c(c5)c5ccccc5n6-c5cccc(-c6ccccc6)c5)ccc43)cc2)cc1. The molecule has 0 aliphatic carbocycles. The molecule has 10 aromatic carbocycles. The van der Waals surface area contributed by atoms with Gasteiger partial charge in [-0.1, -0.05) is 158 Å². The molecule has 0 aliphatic heterocycles. The van der Waals surface area contributed by atoms with E-state index >= 15 is 0 Å². The van der Waals surface area contributed by atoms with E-state index in [0.29, 0.717) is 0 Å². The third kappa shape index (κ3) is 5.65. The first-order valence-corrected chi connectivity index (χ1v) is 20.7. The fraction of sp³-hybridized carbons (Fsp3) is 0. The highest BCUT2D eigenvalue weighted by Crippen LogP contribution is 2.40. The molecule has 0 radical (unpaired) electrons. The van der Waals surface area contributed by atoms with Gasteiger partial charge in [-0.15, -0.1) is 0 Å². The topological polar surface area (TPSA) is 9.86 Å². The van der Waals surface area contributed by atoms with E-state index in [2.05, 4.69) is 240 Å². The lowest BCUT2D eigenvalue weighted by molar-refractivity contribution is 1.18. The second kappa shape index (κ2) is 13.9. The van der Waals surface area contributed by atoms with Crippen LogP contribution in [0.3, 0.4) is 0 Å². The molecule has 0 unspecified atom stereocenters. The van der Waals surface area contributed by atoms with Crippen LogP contribution in [-0.4, -0.2) is 9.13 Å². The molecule has 0 saturated carbocycles. The Balaban J connectivity index is 1.02. The second-order valence-electron chi connectivity index (χ2n) is 15.8. The van der Waals surface area contributed by atoms with Crippen LogP contribution in [0.1, 0.15) is 0 Å². The summed E-state index contributed by atoms with van der Waals surface area (Å²) < 4.78 is 4.84. The Bertz CT molecular complexity index is 3570. The van der Waals surface area contributed by atoms with Gasteiger partial charge >= 0.3 is 0 Å². The number of hydrogen-bond donors (Lipinski definition) is 0. The Hall–Kier alpha value is -7.94. The van der Waals surface area contributed by atoms with Crippen molar-refractivity contribution in [2.24, 2.45) is 0 Å². The smallest absolute Gasteiger partial charge is 0.0541 e. The molecule has 0 fully saturated rings. The molecule has 2 nitrogen and oxygen atoms in total. The molecule has 0 aliphatic rings. The number of nitrogens with zero attached hydrogens (tertiary/aromatic N) is 2. The van der Waals surface area contributed by atoms with Crippen LogP contribution in [0, 0.1) is 0 Å². The minimum Gasteiger partial charge on any atom is -0.309 e. The van der Waals surface area contributed by atoms with Crippen LogP contribution >= 0.6 is 0 Å². The summed E-state index contributed by atoms with van der Waals surface area (Å²) >= 11 is 0. The molecule has 0 bridgehead atoms. The van der Waals surface area contributed by atoms with E-state index < -0.39 is 0 Å². The molecule has 12 aromatic rings. The molecule has 60 heavy (non-hydrogen) atoms. The van der Waals surface area contributed by atoms with Crippen molar-refractivity contribution in [3.8, 4) is 55.9 Å². The van der Waals surface area contributed by atoms with E-state index in [1.54, 1.807) is 0 Å². The maximum Gasteiger partial charge on any atom is 0.0541 e. The third-order valence-corrected chi connectivity index (χ3v) is 12.3. The molecular formula is C58H38N2. The minimum atomic E-state index is 1.14. The van der Waals surface area contributed by atoms with Gasteiger partial charge in [0, 0.05) is 32.9 Å². The lowest BCUT2D eigenvalue weighted by Gasteiger charge is -2.11. The van der Waals surface area contributed by atoms with E-state index in [9.17, 15) is 0 Å². The van der Waals surface area contributed by atoms with Crippen LogP contribution in [-0.2, 0) is 0 Å². The van der Waals surface area contributed by atoms with Gasteiger partial charge in [-0.25, -0.2) is 0 Å². The van der Waals surface area contributed by atoms with Gasteiger partial charge in [0.15, 0.2) is 0 Å². The number of para-hydroxylation sites is 1. The molecule has 2 heteroatoms. The number of benzene rings is 10. The Kier molecular flexibility index (Phi) is 7.89. The zero-order valence-electron chi connectivity index (χ0n) is 32.8. The summed E-state index contributed by atoms with van der Waals surface area (Å²) in [6, 6.07) is 84.3. The second-order valence-corrected chi connectivity index (χ2v) is 15.8. The van der Waals surface area contributed by atoms with Crippen molar-refractivity contribution < 1.29 is 0 Å². The number of rotatable bonds is 6. The predicted octanol–water partition coefficient (Wildman–Crippen LogP) is 15.7. The van der Waals surface area contributed by atoms with Crippen LogP contribution in [0.5, 0.6) is 0 Å². The van der Waals surface area contributed by atoms with E-state index in [0.717, 1.165) is 11.4 Å². The average molecular weight is 763 g/mol. The van der Waals surface area contributed by atoms with Gasteiger partial charge in [0.05, 0.1) is 22.1 Å². The van der Waals surface area contributed by atoms with Gasteiger partial charge in [0.1, 0.15) is 0 Å². The van der Waals surface area contributed by atoms with Crippen LogP contribution < -0.4 is 0 Å². The molecule has 280 valence electrons. The predicted molar refractivity (Wildman–Crippen MR) is 254 cm³/mol. The first-order chi connectivity index (χ1) is 29.7. The molecule has 2 aromatic heterocycles. The molecule has 0 spiro atoms. The van der Waals surface area contributed by atoms with E-state index in [4.69, 9.17) is 0 Å². The summed E-state index contributed by atoms with van der Waals surface area (Å²) in [5, 5.41) is 7.46. The van der Waals surface area contributed by atoms with Crippen molar-refractivity contribution in [1.82, 2.24) is 9.13 Å². The highest BCUT2D eigenvalue weighted by Gasteiger charge is 2.17. The van der Waals surface area contributed by atoms with E-state index in [1.807, 2.05) is 0 Å². The van der Waals surface area contributed by atoms with Gasteiger partial charge in [0.25, 0.3) is 0 Å². The summed E-state index contributed by atoms with van der Waals surface area (Å²) in [6.07, 6.45) is 0. The highest BCUT2D eigenvalue weighted by molar-refractivity contribution is 6.13. The van der Waals surface area contributed by atoms with Crippen LogP contribution in [0.25, 0.3) is 110 Å². The number of aromatic nitrogens is 2. The number of hydrogen-bond acceptors (Lipinski definition) is 0. The van der Waals surface area contributed by atoms with Crippen molar-refractivity contribution in [1.29, 1.82) is 0 Å². The Labute approximate surface area is 348 Å². The normalized spacial score (nSPS) is 11.7. The molecule has 12 rings (SSSR count). The summed E-state index contributed by atoms with van der Waals surface area (Å²) in [5.74, 6) is 0. The van der Waals surface area contributed by atoms with Crippen molar-refractivity contribution in [2.45, 2.75) is 0 Å². The van der Waals surface area contributed by atoms with Crippen molar-refractivity contribution in [3.63, 3.8) is 0 Å². The van der Waals surface area contributed by atoms with Gasteiger partial charge in [0.2, 0.25) is 0 Å². The van der Waals surface area contributed by atoms with Crippen molar-refractivity contribution in [2.75, 3.05) is 0 Å². The fourth-order valence-corrected chi connectivity index (χ4v) is 9.35. The Morgan fingerprint density at radius 1 is 0.200 bits per heavy atom. The van der Waals surface area contributed by atoms with Crippen LogP contribution in [0.2, 0.25) is 0 Å². The maximum atomic E-state index is 2.42. The van der Waals surface area contributed by atoms with Gasteiger partial charge in [-0.05, 0) is 128 Å². The van der Waals surface area contributed by atoms with Gasteiger partial charge in [-0.2, -0.15) is 0 Å². The maximum absolute atomic E-state index is 2.42. The molecule has 0 N–H and O–H groups in total. The monoisotopic (exact) mass is 762 g/mol. The lowest BCUT2D eigenvalue weighted by atomic mass is 9.98. The van der Waals surface area contributed by atoms with Crippen molar-refractivity contribution >= 4 is 54.4 Å². The Morgan fingerprint density at radius 2 is 0.617 bits per heavy atom. The fourth-order valence-electron chi connectivity index (χ4n) is 9.35. The average Bonchev–Trinajstić information content (AvgIpc) is 3.84. The summed E-state index contributed by atoms with van der Waals surface area (Å²) in [7, 11) is 0. The van der Waals surface area contributed by atoms with Crippen molar-refractivity contribution in [3.05, 3.63) is 231 Å².